The van der Waals surface area contributed by atoms with E-state index in [-0.39, 0.29) is 24.5 Å². The molecule has 0 aromatic heterocycles. The molecule has 4 nitrogen and oxygen atoms in total. The van der Waals surface area contributed by atoms with Crippen LogP contribution in [0, 0.1) is 29.6 Å². The highest BCUT2D eigenvalue weighted by Gasteiger charge is 2.45. The van der Waals surface area contributed by atoms with Crippen LogP contribution in [0.25, 0.3) is 0 Å². The number of aliphatic hydroxyl groups excluding tert-OH is 2. The summed E-state index contributed by atoms with van der Waals surface area (Å²) in [7, 11) is 0. The maximum absolute atomic E-state index is 10.6. The molecule has 0 saturated heterocycles. The molecule has 3 rings (SSSR count). The topological polar surface area (TPSA) is 77.8 Å². The van der Waals surface area contributed by atoms with Crippen LogP contribution in [0.15, 0.2) is 23.8 Å². The van der Waals surface area contributed by atoms with E-state index in [4.69, 9.17) is 5.11 Å². The smallest absolute Gasteiger partial charge is 0.303 e. The molecule has 3 saturated carbocycles. The van der Waals surface area contributed by atoms with E-state index in [9.17, 15) is 15.0 Å². The molecule has 0 heterocycles. The van der Waals surface area contributed by atoms with Crippen molar-refractivity contribution in [2.75, 3.05) is 0 Å². The summed E-state index contributed by atoms with van der Waals surface area (Å²) in [5.41, 5.74) is 1.43. The summed E-state index contributed by atoms with van der Waals surface area (Å²) < 4.78 is 0. The van der Waals surface area contributed by atoms with E-state index in [0.717, 1.165) is 44.4 Å². The van der Waals surface area contributed by atoms with Crippen LogP contribution in [0.5, 0.6) is 0 Å². The molecule has 0 aromatic rings. The molecule has 7 atom stereocenters. The number of rotatable bonds is 9. The van der Waals surface area contributed by atoms with Crippen LogP contribution in [-0.4, -0.2) is 33.5 Å². The first kappa shape index (κ1) is 21.6. The Morgan fingerprint density at radius 1 is 1.25 bits per heavy atom. The summed E-state index contributed by atoms with van der Waals surface area (Å²) in [4.78, 5) is 10.6. The summed E-state index contributed by atoms with van der Waals surface area (Å²) in [6.45, 7) is 2.23. The van der Waals surface area contributed by atoms with Gasteiger partial charge in [0.25, 0.3) is 0 Å². The quantitative estimate of drug-likeness (QED) is 0.394. The van der Waals surface area contributed by atoms with Gasteiger partial charge in [-0.05, 0) is 68.6 Å². The molecule has 0 aliphatic heterocycles. The van der Waals surface area contributed by atoms with Crippen molar-refractivity contribution in [3.8, 4) is 0 Å². The maximum atomic E-state index is 10.6. The van der Waals surface area contributed by atoms with Gasteiger partial charge in [-0.3, -0.25) is 4.79 Å². The lowest BCUT2D eigenvalue weighted by molar-refractivity contribution is -0.137. The Hall–Kier alpha value is -1.13. The average Bonchev–Trinajstić information content (AvgIpc) is 3.32. The zero-order chi connectivity index (χ0) is 20.1. The second kappa shape index (κ2) is 10.1. The molecule has 2 unspecified atom stereocenters. The fourth-order valence-electron chi connectivity index (χ4n) is 5.99. The van der Waals surface area contributed by atoms with Crippen molar-refractivity contribution in [2.45, 2.75) is 89.8 Å². The number of aliphatic carboxylic acids is 1. The standard InChI is InChI=1S/C24H38O4/c1-2-5-16-8-9-18(12-16)22(25)11-10-20-21-14-17(6-3-4-7-24(27)28)13-19(21)15-23(20)26/h6,10-11,16,18-23,25-26H,2-5,7-9,12-15H2,1H3,(H,27,28)/t16?,18?,19-,20-,21+,22+,23-/m1/s1. The van der Waals surface area contributed by atoms with Crippen molar-refractivity contribution in [1.29, 1.82) is 0 Å². The van der Waals surface area contributed by atoms with Gasteiger partial charge < -0.3 is 15.3 Å². The lowest BCUT2D eigenvalue weighted by Gasteiger charge is -2.19. The molecule has 3 aliphatic carbocycles. The second-order valence-electron chi connectivity index (χ2n) is 9.46. The molecule has 0 bridgehead atoms. The van der Waals surface area contributed by atoms with Crippen LogP contribution in [0.4, 0.5) is 0 Å². The van der Waals surface area contributed by atoms with E-state index >= 15 is 0 Å². The van der Waals surface area contributed by atoms with Gasteiger partial charge in [0, 0.05) is 12.3 Å². The predicted octanol–water partition coefficient (Wildman–Crippen LogP) is 4.71. The molecule has 3 aliphatic rings. The van der Waals surface area contributed by atoms with Crippen molar-refractivity contribution >= 4 is 5.97 Å². The van der Waals surface area contributed by atoms with Gasteiger partial charge in [0.2, 0.25) is 0 Å². The Kier molecular flexibility index (Phi) is 7.76. The number of hydrogen-bond donors (Lipinski definition) is 3. The van der Waals surface area contributed by atoms with Gasteiger partial charge in [0.15, 0.2) is 0 Å². The largest absolute Gasteiger partial charge is 0.481 e. The minimum absolute atomic E-state index is 0.150. The van der Waals surface area contributed by atoms with Crippen LogP contribution >= 0.6 is 0 Å². The Morgan fingerprint density at radius 2 is 2.07 bits per heavy atom. The van der Waals surface area contributed by atoms with E-state index in [1.54, 1.807) is 0 Å². The third-order valence-electron chi connectivity index (χ3n) is 7.43. The van der Waals surface area contributed by atoms with Gasteiger partial charge in [0.05, 0.1) is 12.2 Å². The zero-order valence-corrected chi connectivity index (χ0v) is 17.3. The van der Waals surface area contributed by atoms with Crippen LogP contribution in [0.3, 0.4) is 0 Å². The normalized spacial score (nSPS) is 37.8. The predicted molar refractivity (Wildman–Crippen MR) is 111 cm³/mol. The molecule has 3 N–H and O–H groups in total. The van der Waals surface area contributed by atoms with Crippen molar-refractivity contribution in [2.24, 2.45) is 29.6 Å². The molecule has 4 heteroatoms. The van der Waals surface area contributed by atoms with Gasteiger partial charge >= 0.3 is 5.97 Å². The number of allylic oxidation sites excluding steroid dienone is 2. The number of carboxylic acid groups (broad SMARTS) is 1. The number of unbranched alkanes of at least 4 members (excludes halogenated alkanes) is 1. The fourth-order valence-corrected chi connectivity index (χ4v) is 5.99. The summed E-state index contributed by atoms with van der Waals surface area (Å²) in [6, 6.07) is 0. The van der Waals surface area contributed by atoms with Crippen molar-refractivity contribution in [3.05, 3.63) is 23.8 Å². The second-order valence-corrected chi connectivity index (χ2v) is 9.46. The first-order chi connectivity index (χ1) is 13.5. The molecule has 158 valence electrons. The van der Waals surface area contributed by atoms with Gasteiger partial charge in [-0.15, -0.1) is 0 Å². The maximum Gasteiger partial charge on any atom is 0.303 e. The SMILES string of the molecule is CCCC1CCC([C@@H](O)C=C[C@@H]2[C@H]3CC(=CCCCC(=O)O)C[C@@H]3C[C@H]2O)C1. The van der Waals surface area contributed by atoms with Gasteiger partial charge in [-0.1, -0.05) is 50.0 Å². The fraction of sp³-hybridized carbons (Fsp3) is 0.792. The Balaban J connectivity index is 1.50. The van der Waals surface area contributed by atoms with Gasteiger partial charge in [-0.25, -0.2) is 0 Å². The molecule has 0 radical (unpaired) electrons. The molecule has 28 heavy (non-hydrogen) atoms. The molecule has 0 amide bonds. The van der Waals surface area contributed by atoms with Crippen LogP contribution in [0.2, 0.25) is 0 Å². The Bertz CT molecular complexity index is 581. The lowest BCUT2D eigenvalue weighted by Crippen LogP contribution is -2.20. The number of hydrogen-bond acceptors (Lipinski definition) is 3. The van der Waals surface area contributed by atoms with Gasteiger partial charge in [-0.2, -0.15) is 0 Å². The highest BCUT2D eigenvalue weighted by molar-refractivity contribution is 5.66. The minimum Gasteiger partial charge on any atom is -0.481 e. The van der Waals surface area contributed by atoms with Crippen LogP contribution < -0.4 is 0 Å². The van der Waals surface area contributed by atoms with Crippen molar-refractivity contribution in [3.63, 3.8) is 0 Å². The average molecular weight is 391 g/mol. The third-order valence-corrected chi connectivity index (χ3v) is 7.43. The van der Waals surface area contributed by atoms with E-state index < -0.39 is 5.97 Å². The van der Waals surface area contributed by atoms with E-state index in [0.29, 0.717) is 24.2 Å². The molecule has 0 aromatic carbocycles. The molecular formula is C24H38O4. The van der Waals surface area contributed by atoms with Crippen molar-refractivity contribution in [1.82, 2.24) is 0 Å². The summed E-state index contributed by atoms with van der Waals surface area (Å²) in [5, 5.41) is 29.9. The molecule has 3 fully saturated rings. The van der Waals surface area contributed by atoms with Gasteiger partial charge in [0.1, 0.15) is 0 Å². The number of carboxylic acids is 1. The number of fused-ring (bicyclic) bond motifs is 1. The van der Waals surface area contributed by atoms with E-state index in [1.165, 1.54) is 24.8 Å². The highest BCUT2D eigenvalue weighted by atomic mass is 16.4. The Labute approximate surface area is 169 Å². The first-order valence-electron chi connectivity index (χ1n) is 11.4. The summed E-state index contributed by atoms with van der Waals surface area (Å²) in [5.74, 6) is 1.60. The van der Waals surface area contributed by atoms with Crippen molar-refractivity contribution < 1.29 is 20.1 Å². The minimum atomic E-state index is -0.725. The summed E-state index contributed by atoms with van der Waals surface area (Å²) >= 11 is 0. The van der Waals surface area contributed by atoms with E-state index in [2.05, 4.69) is 19.1 Å². The zero-order valence-electron chi connectivity index (χ0n) is 17.3. The number of carbonyl (C=O) groups is 1. The number of aliphatic hydroxyl groups is 2. The van der Waals surface area contributed by atoms with Crippen LogP contribution in [-0.2, 0) is 4.79 Å². The van der Waals surface area contributed by atoms with E-state index in [1.807, 2.05) is 6.08 Å². The monoisotopic (exact) mass is 390 g/mol. The molecular weight excluding hydrogens is 352 g/mol. The lowest BCUT2D eigenvalue weighted by atomic mass is 9.89. The Morgan fingerprint density at radius 3 is 2.82 bits per heavy atom. The third kappa shape index (κ3) is 5.48. The highest BCUT2D eigenvalue weighted by Crippen LogP contribution is 2.50. The van der Waals surface area contributed by atoms with Crippen LogP contribution in [0.1, 0.15) is 77.6 Å². The molecule has 0 spiro atoms. The first-order valence-corrected chi connectivity index (χ1v) is 11.4. The summed E-state index contributed by atoms with van der Waals surface area (Å²) in [6.07, 6.45) is 16.4.